The SMILES string of the molecule is CCc1ccc2c(CS)nn(C)c2c1. The summed E-state index contributed by atoms with van der Waals surface area (Å²) in [4.78, 5) is 0. The van der Waals surface area contributed by atoms with Crippen molar-refractivity contribution < 1.29 is 0 Å². The fourth-order valence-corrected chi connectivity index (χ4v) is 1.95. The Kier molecular flexibility index (Phi) is 2.50. The molecule has 0 amide bonds. The Morgan fingerprint density at radius 2 is 2.21 bits per heavy atom. The first-order chi connectivity index (χ1) is 6.76. The quantitative estimate of drug-likeness (QED) is 0.748. The minimum absolute atomic E-state index is 0.697. The van der Waals surface area contributed by atoms with Gasteiger partial charge in [-0.1, -0.05) is 19.1 Å². The summed E-state index contributed by atoms with van der Waals surface area (Å²) in [5.74, 6) is 0.697. The predicted octanol–water partition coefficient (Wildman–Crippen LogP) is 2.57. The first-order valence-electron chi connectivity index (χ1n) is 4.81. The molecule has 1 aromatic heterocycles. The molecule has 2 nitrogen and oxygen atoms in total. The minimum atomic E-state index is 0.697. The van der Waals surface area contributed by atoms with E-state index < -0.39 is 0 Å². The van der Waals surface area contributed by atoms with Crippen molar-refractivity contribution in [2.24, 2.45) is 7.05 Å². The number of fused-ring (bicyclic) bond motifs is 1. The lowest BCUT2D eigenvalue weighted by Gasteiger charge is -1.98. The maximum atomic E-state index is 4.42. The van der Waals surface area contributed by atoms with Crippen LogP contribution >= 0.6 is 12.6 Å². The topological polar surface area (TPSA) is 17.8 Å². The van der Waals surface area contributed by atoms with Gasteiger partial charge in [-0.05, 0) is 18.1 Å². The van der Waals surface area contributed by atoms with Crippen LogP contribution in [0.3, 0.4) is 0 Å². The van der Waals surface area contributed by atoms with Crippen LogP contribution in [0.5, 0.6) is 0 Å². The van der Waals surface area contributed by atoms with Crippen molar-refractivity contribution in [3.8, 4) is 0 Å². The van der Waals surface area contributed by atoms with Crippen molar-refractivity contribution in [3.63, 3.8) is 0 Å². The molecule has 74 valence electrons. The lowest BCUT2D eigenvalue weighted by molar-refractivity contribution is 0.781. The number of rotatable bonds is 2. The smallest absolute Gasteiger partial charge is 0.0799 e. The second-order valence-corrected chi connectivity index (χ2v) is 3.75. The maximum Gasteiger partial charge on any atom is 0.0799 e. The summed E-state index contributed by atoms with van der Waals surface area (Å²) in [5.41, 5.74) is 3.62. The average molecular weight is 206 g/mol. The standard InChI is InChI=1S/C11H14N2S/c1-3-8-4-5-9-10(7-14)12-13(2)11(9)6-8/h4-6,14H,3,7H2,1-2H3. The fraction of sp³-hybridized carbons (Fsp3) is 0.364. The van der Waals surface area contributed by atoms with Crippen LogP contribution in [0.25, 0.3) is 10.9 Å². The number of aryl methyl sites for hydroxylation is 2. The van der Waals surface area contributed by atoms with Crippen LogP contribution in [0.2, 0.25) is 0 Å². The lowest BCUT2D eigenvalue weighted by Crippen LogP contribution is -1.90. The molecule has 0 N–H and O–H groups in total. The molecular formula is C11H14N2S. The average Bonchev–Trinajstić information content (AvgIpc) is 2.55. The molecule has 1 heterocycles. The van der Waals surface area contributed by atoms with E-state index in [2.05, 4.69) is 42.9 Å². The Morgan fingerprint density at radius 1 is 1.43 bits per heavy atom. The van der Waals surface area contributed by atoms with Crippen molar-refractivity contribution >= 4 is 23.5 Å². The number of hydrogen-bond acceptors (Lipinski definition) is 2. The van der Waals surface area contributed by atoms with Crippen molar-refractivity contribution in [2.75, 3.05) is 0 Å². The van der Waals surface area contributed by atoms with Gasteiger partial charge in [0.25, 0.3) is 0 Å². The molecule has 0 aliphatic heterocycles. The van der Waals surface area contributed by atoms with E-state index in [4.69, 9.17) is 0 Å². The Morgan fingerprint density at radius 3 is 2.86 bits per heavy atom. The van der Waals surface area contributed by atoms with Gasteiger partial charge in [0.05, 0.1) is 11.2 Å². The zero-order valence-corrected chi connectivity index (χ0v) is 9.38. The van der Waals surface area contributed by atoms with Gasteiger partial charge < -0.3 is 0 Å². The highest BCUT2D eigenvalue weighted by molar-refractivity contribution is 7.79. The Labute approximate surface area is 89.3 Å². The Bertz CT molecular complexity index is 460. The molecule has 3 heteroatoms. The van der Waals surface area contributed by atoms with Crippen LogP contribution in [-0.2, 0) is 19.2 Å². The van der Waals surface area contributed by atoms with Crippen LogP contribution in [-0.4, -0.2) is 9.78 Å². The van der Waals surface area contributed by atoms with Gasteiger partial charge in [0.2, 0.25) is 0 Å². The predicted molar refractivity (Wildman–Crippen MR) is 62.8 cm³/mol. The Hall–Kier alpha value is -0.960. The normalized spacial score (nSPS) is 11.1. The summed E-state index contributed by atoms with van der Waals surface area (Å²) in [6, 6.07) is 6.51. The molecule has 0 aliphatic rings. The zero-order valence-electron chi connectivity index (χ0n) is 8.49. The molecule has 0 radical (unpaired) electrons. The van der Waals surface area contributed by atoms with Crippen LogP contribution in [0.15, 0.2) is 18.2 Å². The molecule has 0 aliphatic carbocycles. The van der Waals surface area contributed by atoms with Crippen molar-refractivity contribution in [2.45, 2.75) is 19.1 Å². The number of hydrogen-bond donors (Lipinski definition) is 1. The van der Waals surface area contributed by atoms with Crippen molar-refractivity contribution in [3.05, 3.63) is 29.5 Å². The highest BCUT2D eigenvalue weighted by Crippen LogP contribution is 2.20. The van der Waals surface area contributed by atoms with E-state index in [1.54, 1.807) is 0 Å². The van der Waals surface area contributed by atoms with E-state index in [9.17, 15) is 0 Å². The van der Waals surface area contributed by atoms with E-state index in [-0.39, 0.29) is 0 Å². The summed E-state index contributed by atoms with van der Waals surface area (Å²) < 4.78 is 1.93. The molecule has 0 unspecified atom stereocenters. The molecule has 2 rings (SSSR count). The molecule has 0 spiro atoms. The van der Waals surface area contributed by atoms with Gasteiger partial charge in [-0.3, -0.25) is 4.68 Å². The molecule has 14 heavy (non-hydrogen) atoms. The van der Waals surface area contributed by atoms with Crippen LogP contribution in [0.1, 0.15) is 18.2 Å². The molecule has 1 aromatic carbocycles. The van der Waals surface area contributed by atoms with Gasteiger partial charge in [-0.15, -0.1) is 0 Å². The number of nitrogens with zero attached hydrogens (tertiary/aromatic N) is 2. The van der Waals surface area contributed by atoms with Crippen LogP contribution in [0.4, 0.5) is 0 Å². The number of thiol groups is 1. The first kappa shape index (κ1) is 9.59. The van der Waals surface area contributed by atoms with E-state index in [0.29, 0.717) is 5.75 Å². The molecule has 0 saturated carbocycles. The third-order valence-electron chi connectivity index (χ3n) is 2.55. The first-order valence-corrected chi connectivity index (χ1v) is 5.45. The van der Waals surface area contributed by atoms with Crippen molar-refractivity contribution in [1.29, 1.82) is 0 Å². The van der Waals surface area contributed by atoms with Crippen molar-refractivity contribution in [1.82, 2.24) is 9.78 Å². The third-order valence-corrected chi connectivity index (χ3v) is 2.85. The summed E-state index contributed by atoms with van der Waals surface area (Å²) >= 11 is 4.27. The molecule has 0 saturated heterocycles. The monoisotopic (exact) mass is 206 g/mol. The summed E-state index contributed by atoms with van der Waals surface area (Å²) in [6.45, 7) is 2.16. The summed E-state index contributed by atoms with van der Waals surface area (Å²) in [7, 11) is 1.98. The lowest BCUT2D eigenvalue weighted by atomic mass is 10.1. The maximum absolute atomic E-state index is 4.42. The van der Waals surface area contributed by atoms with E-state index in [1.807, 2.05) is 11.7 Å². The molecule has 0 fully saturated rings. The van der Waals surface area contributed by atoms with Gasteiger partial charge in [0, 0.05) is 18.2 Å². The third kappa shape index (κ3) is 1.42. The molecule has 0 bridgehead atoms. The summed E-state index contributed by atoms with van der Waals surface area (Å²) in [6.07, 6.45) is 1.07. The Balaban J connectivity index is 2.70. The van der Waals surface area contributed by atoms with Crippen LogP contribution < -0.4 is 0 Å². The van der Waals surface area contributed by atoms with Gasteiger partial charge in [-0.25, -0.2) is 0 Å². The number of aromatic nitrogens is 2. The van der Waals surface area contributed by atoms with Gasteiger partial charge in [-0.2, -0.15) is 17.7 Å². The van der Waals surface area contributed by atoms with Gasteiger partial charge >= 0.3 is 0 Å². The van der Waals surface area contributed by atoms with E-state index in [1.165, 1.54) is 16.5 Å². The van der Waals surface area contributed by atoms with Crippen LogP contribution in [0, 0.1) is 0 Å². The van der Waals surface area contributed by atoms with E-state index in [0.717, 1.165) is 12.1 Å². The molecule has 0 atom stereocenters. The van der Waals surface area contributed by atoms with Gasteiger partial charge in [0.15, 0.2) is 0 Å². The second kappa shape index (κ2) is 3.65. The van der Waals surface area contributed by atoms with E-state index >= 15 is 0 Å². The fourth-order valence-electron chi connectivity index (χ4n) is 1.71. The number of benzene rings is 1. The highest BCUT2D eigenvalue weighted by Gasteiger charge is 2.06. The van der Waals surface area contributed by atoms with Gasteiger partial charge in [0.1, 0.15) is 0 Å². The second-order valence-electron chi connectivity index (χ2n) is 3.43. The molecule has 2 aromatic rings. The highest BCUT2D eigenvalue weighted by atomic mass is 32.1. The summed E-state index contributed by atoms with van der Waals surface area (Å²) in [5, 5.41) is 5.65. The molecular weight excluding hydrogens is 192 g/mol. The largest absolute Gasteiger partial charge is 0.268 e. The minimum Gasteiger partial charge on any atom is -0.268 e. The zero-order chi connectivity index (χ0) is 10.1.